The number of hydrogen-bond donors (Lipinski definition) is 1. The summed E-state index contributed by atoms with van der Waals surface area (Å²) in [6.45, 7) is 9.79. The van der Waals surface area contributed by atoms with Gasteiger partial charge in [0.2, 0.25) is 5.91 Å². The van der Waals surface area contributed by atoms with Gasteiger partial charge in [-0.2, -0.15) is 0 Å². The molecule has 7 heteroatoms. The molecule has 1 aliphatic carbocycles. The van der Waals surface area contributed by atoms with Gasteiger partial charge in [-0.1, -0.05) is 64.8 Å². The second-order valence-electron chi connectivity index (χ2n) is 9.34. The summed E-state index contributed by atoms with van der Waals surface area (Å²) in [4.78, 5) is 17.7. The molecule has 2 aromatic rings. The first-order chi connectivity index (χ1) is 15.1. The summed E-state index contributed by atoms with van der Waals surface area (Å²) < 4.78 is 27.6. The number of aromatic nitrogens is 1. The van der Waals surface area contributed by atoms with Crippen molar-refractivity contribution in [2.75, 3.05) is 4.31 Å². The molecule has 1 fully saturated rings. The van der Waals surface area contributed by atoms with Crippen LogP contribution in [-0.2, 0) is 20.2 Å². The highest BCUT2D eigenvalue weighted by Gasteiger charge is 2.36. The van der Waals surface area contributed by atoms with Crippen LogP contribution in [0.15, 0.2) is 60.8 Å². The van der Waals surface area contributed by atoms with Gasteiger partial charge in [0.1, 0.15) is 0 Å². The normalized spacial score (nSPS) is 16.2. The van der Waals surface area contributed by atoms with Crippen molar-refractivity contribution in [2.24, 2.45) is 0 Å². The SMILES string of the molecule is C=CS(=O)(=O)N(c1ccc(C(C)(C)C)cc1)[C@H](C(=O)NC1CCCCC1)c1cccnc1. The Morgan fingerprint density at radius 1 is 1.16 bits per heavy atom. The van der Waals surface area contributed by atoms with Gasteiger partial charge in [-0.25, -0.2) is 12.7 Å². The molecule has 1 heterocycles. The third-order valence-corrected chi connectivity index (χ3v) is 7.30. The van der Waals surface area contributed by atoms with Crippen molar-refractivity contribution < 1.29 is 13.2 Å². The van der Waals surface area contributed by atoms with Crippen LogP contribution in [0.3, 0.4) is 0 Å². The van der Waals surface area contributed by atoms with Crippen LogP contribution in [0.25, 0.3) is 0 Å². The second-order valence-corrected chi connectivity index (χ2v) is 11.1. The molecule has 0 bridgehead atoms. The molecule has 3 rings (SSSR count). The first-order valence-electron chi connectivity index (χ1n) is 11.1. The first kappa shape index (κ1) is 24.0. The van der Waals surface area contributed by atoms with Crippen molar-refractivity contribution in [3.8, 4) is 0 Å². The van der Waals surface area contributed by atoms with E-state index in [0.29, 0.717) is 11.3 Å². The van der Waals surface area contributed by atoms with E-state index in [1.807, 2.05) is 12.1 Å². The molecule has 1 atom stereocenters. The number of nitrogens with zero attached hydrogens (tertiary/aromatic N) is 2. The molecule has 1 amide bonds. The Balaban J connectivity index is 2.07. The van der Waals surface area contributed by atoms with Crippen LogP contribution in [-0.4, -0.2) is 25.4 Å². The van der Waals surface area contributed by atoms with Gasteiger partial charge in [0.15, 0.2) is 6.04 Å². The molecule has 32 heavy (non-hydrogen) atoms. The fourth-order valence-electron chi connectivity index (χ4n) is 4.09. The average molecular weight is 456 g/mol. The Kier molecular flexibility index (Phi) is 7.39. The standard InChI is InChI=1S/C25H33N3O3S/c1-5-32(30,31)28(22-15-13-20(14-16-22)25(2,3)4)23(19-10-9-17-26-18-19)24(29)27-21-11-7-6-8-12-21/h5,9-10,13-18,21,23H,1,6-8,11-12H2,2-4H3,(H,27,29)/t23-/m0/s1. The highest BCUT2D eigenvalue weighted by molar-refractivity contribution is 7.95. The Hall–Kier alpha value is -2.67. The van der Waals surface area contributed by atoms with Crippen LogP contribution >= 0.6 is 0 Å². The van der Waals surface area contributed by atoms with Gasteiger partial charge in [0, 0.05) is 29.4 Å². The lowest BCUT2D eigenvalue weighted by Gasteiger charge is -2.33. The van der Waals surface area contributed by atoms with E-state index in [0.717, 1.165) is 47.4 Å². The zero-order chi connectivity index (χ0) is 23.4. The average Bonchev–Trinajstić information content (AvgIpc) is 2.78. The molecule has 6 nitrogen and oxygen atoms in total. The number of anilines is 1. The monoisotopic (exact) mass is 455 g/mol. The topological polar surface area (TPSA) is 79.4 Å². The molecule has 0 saturated heterocycles. The number of rotatable bonds is 7. The van der Waals surface area contributed by atoms with Gasteiger partial charge in [0.05, 0.1) is 5.69 Å². The van der Waals surface area contributed by atoms with Crippen LogP contribution in [0.2, 0.25) is 0 Å². The lowest BCUT2D eigenvalue weighted by Crippen LogP contribution is -2.46. The molecule has 0 radical (unpaired) electrons. The van der Waals surface area contributed by atoms with Crippen LogP contribution in [0.5, 0.6) is 0 Å². The third-order valence-electron chi connectivity index (χ3n) is 5.91. The number of carbonyl (C=O) groups is 1. The van der Waals surface area contributed by atoms with Gasteiger partial charge >= 0.3 is 0 Å². The van der Waals surface area contributed by atoms with E-state index in [2.05, 4.69) is 37.7 Å². The van der Waals surface area contributed by atoms with Gasteiger partial charge in [-0.3, -0.25) is 9.78 Å². The van der Waals surface area contributed by atoms with Gasteiger partial charge in [-0.05, 0) is 42.0 Å². The largest absolute Gasteiger partial charge is 0.351 e. The van der Waals surface area contributed by atoms with Crippen molar-refractivity contribution in [2.45, 2.75) is 70.4 Å². The molecule has 0 spiro atoms. The van der Waals surface area contributed by atoms with E-state index >= 15 is 0 Å². The lowest BCUT2D eigenvalue weighted by molar-refractivity contribution is -0.123. The minimum absolute atomic E-state index is 0.0481. The maximum Gasteiger partial charge on any atom is 0.257 e. The maximum absolute atomic E-state index is 13.5. The molecule has 0 aliphatic heterocycles. The molecule has 1 aliphatic rings. The third kappa shape index (κ3) is 5.57. The summed E-state index contributed by atoms with van der Waals surface area (Å²) in [7, 11) is -3.99. The van der Waals surface area contributed by atoms with Crippen molar-refractivity contribution >= 4 is 21.6 Å². The number of carbonyl (C=O) groups excluding carboxylic acids is 1. The van der Waals surface area contributed by atoms with E-state index < -0.39 is 16.1 Å². The minimum Gasteiger partial charge on any atom is -0.351 e. The van der Waals surface area contributed by atoms with Crippen LogP contribution in [0.1, 0.15) is 70.0 Å². The molecular weight excluding hydrogens is 422 g/mol. The van der Waals surface area contributed by atoms with Gasteiger partial charge in [0.25, 0.3) is 10.0 Å². The minimum atomic E-state index is -3.99. The van der Waals surface area contributed by atoms with Crippen LogP contribution < -0.4 is 9.62 Å². The number of pyridine rings is 1. The van der Waals surface area contributed by atoms with Gasteiger partial charge in [-0.15, -0.1) is 0 Å². The van der Waals surface area contributed by atoms with E-state index in [4.69, 9.17) is 0 Å². The fraction of sp³-hybridized carbons (Fsp3) is 0.440. The van der Waals surface area contributed by atoms with E-state index in [1.54, 1.807) is 36.7 Å². The summed E-state index contributed by atoms with van der Waals surface area (Å²) in [6, 6.07) is 9.70. The summed E-state index contributed by atoms with van der Waals surface area (Å²) in [5, 5.41) is 3.98. The number of benzene rings is 1. The maximum atomic E-state index is 13.5. The van der Waals surface area contributed by atoms with Crippen molar-refractivity contribution in [1.82, 2.24) is 10.3 Å². The molecule has 1 saturated carbocycles. The summed E-state index contributed by atoms with van der Waals surface area (Å²) in [6.07, 6.45) is 8.23. The molecule has 172 valence electrons. The Morgan fingerprint density at radius 2 is 1.81 bits per heavy atom. The van der Waals surface area contributed by atoms with Crippen molar-refractivity contribution in [3.05, 3.63) is 71.9 Å². The van der Waals surface area contributed by atoms with Crippen LogP contribution in [0.4, 0.5) is 5.69 Å². The molecule has 1 N–H and O–H groups in total. The summed E-state index contributed by atoms with van der Waals surface area (Å²) >= 11 is 0. The fourth-order valence-corrected chi connectivity index (χ4v) is 5.18. The van der Waals surface area contributed by atoms with E-state index in [-0.39, 0.29) is 17.4 Å². The van der Waals surface area contributed by atoms with Crippen LogP contribution in [0, 0.1) is 0 Å². The van der Waals surface area contributed by atoms with Crippen molar-refractivity contribution in [1.29, 1.82) is 0 Å². The zero-order valence-electron chi connectivity index (χ0n) is 19.1. The predicted octanol–water partition coefficient (Wildman–Crippen LogP) is 4.85. The Bertz CT molecular complexity index is 1020. The van der Waals surface area contributed by atoms with E-state index in [1.165, 1.54) is 0 Å². The lowest BCUT2D eigenvalue weighted by atomic mass is 9.87. The first-order valence-corrected chi connectivity index (χ1v) is 12.6. The van der Waals surface area contributed by atoms with E-state index in [9.17, 15) is 13.2 Å². The highest BCUT2D eigenvalue weighted by atomic mass is 32.2. The summed E-state index contributed by atoms with van der Waals surface area (Å²) in [5.74, 6) is -0.352. The molecular formula is C25H33N3O3S. The number of nitrogens with one attached hydrogen (secondary N) is 1. The summed E-state index contributed by atoms with van der Waals surface area (Å²) in [5.41, 5.74) is 1.90. The molecule has 1 aromatic heterocycles. The second kappa shape index (κ2) is 9.86. The zero-order valence-corrected chi connectivity index (χ0v) is 19.9. The molecule has 1 aromatic carbocycles. The molecule has 0 unspecified atom stereocenters. The highest BCUT2D eigenvalue weighted by Crippen LogP contribution is 2.33. The number of amides is 1. The number of hydrogen-bond acceptors (Lipinski definition) is 4. The van der Waals surface area contributed by atoms with Crippen molar-refractivity contribution in [3.63, 3.8) is 0 Å². The predicted molar refractivity (Wildman–Crippen MR) is 129 cm³/mol. The smallest absolute Gasteiger partial charge is 0.257 e. The quantitative estimate of drug-likeness (QED) is 0.647. The Morgan fingerprint density at radius 3 is 2.34 bits per heavy atom. The Labute approximate surface area is 191 Å². The number of sulfonamides is 1. The van der Waals surface area contributed by atoms with Gasteiger partial charge < -0.3 is 5.32 Å².